The molecule has 20 heavy (non-hydrogen) atoms. The van der Waals surface area contributed by atoms with Crippen molar-refractivity contribution in [2.75, 3.05) is 13.2 Å². The SMILES string of the molecule is CC(C)(C)OC(=O)COCCC(O)[Si](C)(C)C(C)(C)C. The van der Waals surface area contributed by atoms with E-state index in [1.807, 2.05) is 20.8 Å². The molecule has 0 amide bonds. The van der Waals surface area contributed by atoms with Gasteiger partial charge in [-0.3, -0.25) is 0 Å². The van der Waals surface area contributed by atoms with Crippen molar-refractivity contribution in [2.45, 2.75) is 77.4 Å². The molecule has 0 aliphatic heterocycles. The van der Waals surface area contributed by atoms with Crippen molar-refractivity contribution in [3.63, 3.8) is 0 Å². The largest absolute Gasteiger partial charge is 0.458 e. The zero-order valence-electron chi connectivity index (χ0n) is 14.4. The van der Waals surface area contributed by atoms with Gasteiger partial charge in [0.05, 0.1) is 8.07 Å². The molecule has 0 spiro atoms. The third-order valence-corrected chi connectivity index (χ3v) is 9.76. The maximum absolute atomic E-state index is 11.5. The number of ether oxygens (including phenoxy) is 2. The Labute approximate surface area is 124 Å². The van der Waals surface area contributed by atoms with Gasteiger partial charge >= 0.3 is 5.97 Å². The molecule has 0 aromatic rings. The average molecular weight is 305 g/mol. The molecule has 0 aliphatic rings. The van der Waals surface area contributed by atoms with E-state index in [-0.39, 0.29) is 23.3 Å². The molecule has 0 heterocycles. The predicted molar refractivity (Wildman–Crippen MR) is 84.5 cm³/mol. The molecule has 1 atom stereocenters. The Kier molecular flexibility index (Phi) is 6.91. The summed E-state index contributed by atoms with van der Waals surface area (Å²) in [5, 5.41) is 10.5. The van der Waals surface area contributed by atoms with Crippen molar-refractivity contribution >= 4 is 14.0 Å². The van der Waals surface area contributed by atoms with E-state index in [0.717, 1.165) is 0 Å². The van der Waals surface area contributed by atoms with Gasteiger partial charge < -0.3 is 14.6 Å². The molecular formula is C15H32O4Si. The Morgan fingerprint density at radius 1 is 1.15 bits per heavy atom. The van der Waals surface area contributed by atoms with Gasteiger partial charge in [-0.25, -0.2) is 4.79 Å². The number of carbonyl (C=O) groups excluding carboxylic acids is 1. The van der Waals surface area contributed by atoms with Crippen LogP contribution in [0.15, 0.2) is 0 Å². The first-order chi connectivity index (χ1) is 8.77. The summed E-state index contributed by atoms with van der Waals surface area (Å²) in [6, 6.07) is 0. The molecule has 0 saturated heterocycles. The summed E-state index contributed by atoms with van der Waals surface area (Å²) in [7, 11) is -1.76. The first kappa shape index (κ1) is 19.6. The fourth-order valence-corrected chi connectivity index (χ4v) is 3.42. The third-order valence-electron chi connectivity index (χ3n) is 3.94. The van der Waals surface area contributed by atoms with Crippen molar-refractivity contribution in [3.05, 3.63) is 0 Å². The van der Waals surface area contributed by atoms with E-state index < -0.39 is 13.7 Å². The highest BCUT2D eigenvalue weighted by Gasteiger charge is 2.41. The van der Waals surface area contributed by atoms with Crippen LogP contribution in [-0.2, 0) is 14.3 Å². The van der Waals surface area contributed by atoms with Gasteiger partial charge in [0.1, 0.15) is 12.2 Å². The summed E-state index contributed by atoms with van der Waals surface area (Å²) in [6.07, 6.45) is 0.569. The monoisotopic (exact) mass is 304 g/mol. The van der Waals surface area contributed by atoms with Crippen LogP contribution in [0.2, 0.25) is 18.1 Å². The molecule has 5 heteroatoms. The number of rotatable bonds is 6. The number of aliphatic hydroxyl groups is 1. The van der Waals surface area contributed by atoms with Crippen LogP contribution in [0.5, 0.6) is 0 Å². The minimum Gasteiger partial charge on any atom is -0.458 e. The molecule has 0 aromatic carbocycles. The lowest BCUT2D eigenvalue weighted by atomic mass is 10.2. The van der Waals surface area contributed by atoms with Gasteiger partial charge in [-0.05, 0) is 32.2 Å². The molecular weight excluding hydrogens is 272 g/mol. The summed E-state index contributed by atoms with van der Waals surface area (Å²) < 4.78 is 10.5. The smallest absolute Gasteiger partial charge is 0.332 e. The maximum Gasteiger partial charge on any atom is 0.332 e. The number of carbonyl (C=O) groups is 1. The fourth-order valence-electron chi connectivity index (χ4n) is 1.58. The lowest BCUT2D eigenvalue weighted by molar-refractivity contribution is -0.160. The molecule has 0 aliphatic carbocycles. The molecule has 0 aromatic heterocycles. The maximum atomic E-state index is 11.5. The van der Waals surface area contributed by atoms with Gasteiger partial charge in [-0.15, -0.1) is 0 Å². The minimum atomic E-state index is -1.76. The van der Waals surface area contributed by atoms with E-state index in [2.05, 4.69) is 33.9 Å². The van der Waals surface area contributed by atoms with E-state index in [4.69, 9.17) is 9.47 Å². The second-order valence-corrected chi connectivity index (χ2v) is 13.5. The molecule has 4 nitrogen and oxygen atoms in total. The molecule has 0 bridgehead atoms. The van der Waals surface area contributed by atoms with Crippen LogP contribution in [0.1, 0.15) is 48.0 Å². The number of aliphatic hydroxyl groups excluding tert-OH is 1. The van der Waals surface area contributed by atoms with Crippen molar-refractivity contribution in [3.8, 4) is 0 Å². The summed E-state index contributed by atoms with van der Waals surface area (Å²) in [4.78, 5) is 11.5. The topological polar surface area (TPSA) is 55.8 Å². The van der Waals surface area contributed by atoms with Crippen LogP contribution in [-0.4, -0.2) is 43.7 Å². The highest BCUT2D eigenvalue weighted by molar-refractivity contribution is 6.81. The zero-order chi connectivity index (χ0) is 16.2. The van der Waals surface area contributed by atoms with E-state index in [1.54, 1.807) is 0 Å². The second-order valence-electron chi connectivity index (χ2n) is 7.92. The highest BCUT2D eigenvalue weighted by atomic mass is 28.3. The van der Waals surface area contributed by atoms with Crippen molar-refractivity contribution in [1.29, 1.82) is 0 Å². The Hall–Kier alpha value is -0.393. The lowest BCUT2D eigenvalue weighted by Gasteiger charge is -2.40. The molecule has 0 rings (SSSR count). The van der Waals surface area contributed by atoms with Crippen LogP contribution >= 0.6 is 0 Å². The van der Waals surface area contributed by atoms with Gasteiger partial charge in [0.2, 0.25) is 0 Å². The Morgan fingerprint density at radius 3 is 2.05 bits per heavy atom. The van der Waals surface area contributed by atoms with Gasteiger partial charge in [0.25, 0.3) is 0 Å². The minimum absolute atomic E-state index is 0.0541. The standard InChI is InChI=1S/C15H32O4Si/c1-14(2,3)19-12(16)11-18-10-9-13(17)20(7,8)15(4,5)6/h13,17H,9-11H2,1-8H3. The normalized spacial score (nSPS) is 15.1. The van der Waals surface area contributed by atoms with E-state index in [1.165, 1.54) is 0 Å². The van der Waals surface area contributed by atoms with Gasteiger partial charge in [0, 0.05) is 12.3 Å². The van der Waals surface area contributed by atoms with Crippen LogP contribution < -0.4 is 0 Å². The predicted octanol–water partition coefficient (Wildman–Crippen LogP) is 3.14. The molecule has 0 radical (unpaired) electrons. The van der Waals surface area contributed by atoms with Crippen molar-refractivity contribution in [1.82, 2.24) is 0 Å². The number of hydrogen-bond acceptors (Lipinski definition) is 4. The average Bonchev–Trinajstić information content (AvgIpc) is 2.19. The number of hydrogen-bond donors (Lipinski definition) is 1. The summed E-state index contributed by atoms with van der Waals surface area (Å²) in [6.45, 7) is 16.7. The van der Waals surface area contributed by atoms with Crippen LogP contribution in [0.3, 0.4) is 0 Å². The van der Waals surface area contributed by atoms with E-state index in [0.29, 0.717) is 13.0 Å². The quantitative estimate of drug-likeness (QED) is 0.465. The Bertz CT molecular complexity index is 313. The van der Waals surface area contributed by atoms with Crippen LogP contribution in [0.4, 0.5) is 0 Å². The lowest BCUT2D eigenvalue weighted by Crippen LogP contribution is -2.49. The molecule has 0 saturated carbocycles. The van der Waals surface area contributed by atoms with Gasteiger partial charge in [-0.1, -0.05) is 33.9 Å². The molecule has 0 fully saturated rings. The molecule has 1 unspecified atom stereocenters. The fraction of sp³-hybridized carbons (Fsp3) is 0.933. The van der Waals surface area contributed by atoms with Crippen molar-refractivity contribution < 1.29 is 19.4 Å². The molecule has 120 valence electrons. The van der Waals surface area contributed by atoms with Crippen LogP contribution in [0.25, 0.3) is 0 Å². The first-order valence-electron chi connectivity index (χ1n) is 7.25. The summed E-state index contributed by atoms with van der Waals surface area (Å²) in [5.41, 5.74) is -0.817. The third kappa shape index (κ3) is 6.86. The highest BCUT2D eigenvalue weighted by Crippen LogP contribution is 2.38. The van der Waals surface area contributed by atoms with Crippen LogP contribution in [0, 0.1) is 0 Å². The Morgan fingerprint density at radius 2 is 1.65 bits per heavy atom. The van der Waals surface area contributed by atoms with E-state index >= 15 is 0 Å². The summed E-state index contributed by atoms with van der Waals surface area (Å²) >= 11 is 0. The van der Waals surface area contributed by atoms with Crippen molar-refractivity contribution in [2.24, 2.45) is 0 Å². The number of esters is 1. The van der Waals surface area contributed by atoms with E-state index in [9.17, 15) is 9.90 Å². The zero-order valence-corrected chi connectivity index (χ0v) is 15.4. The van der Waals surface area contributed by atoms with Gasteiger partial charge in [-0.2, -0.15) is 0 Å². The second kappa shape index (κ2) is 7.05. The first-order valence-corrected chi connectivity index (χ1v) is 10.3. The summed E-state index contributed by atoms with van der Waals surface area (Å²) in [5.74, 6) is -0.362. The Balaban J connectivity index is 4.06. The molecule has 1 N–H and O–H groups in total. The van der Waals surface area contributed by atoms with Gasteiger partial charge in [0.15, 0.2) is 0 Å².